The SMILES string of the molecule is COCCC(C)(CN)N1CC(C)CCC1C. The van der Waals surface area contributed by atoms with Crippen LogP contribution in [0.2, 0.25) is 0 Å². The quantitative estimate of drug-likeness (QED) is 0.780. The Hall–Kier alpha value is -0.120. The molecule has 2 N–H and O–H groups in total. The van der Waals surface area contributed by atoms with E-state index in [4.69, 9.17) is 10.5 Å². The van der Waals surface area contributed by atoms with Crippen molar-refractivity contribution >= 4 is 0 Å². The predicted molar refractivity (Wildman–Crippen MR) is 68.5 cm³/mol. The zero-order valence-electron chi connectivity index (χ0n) is 11.3. The Labute approximate surface area is 100 Å². The predicted octanol–water partition coefficient (Wildman–Crippen LogP) is 1.86. The van der Waals surface area contributed by atoms with Crippen molar-refractivity contribution in [2.45, 2.75) is 51.6 Å². The number of likely N-dealkylation sites (tertiary alicyclic amines) is 1. The summed E-state index contributed by atoms with van der Waals surface area (Å²) in [5.74, 6) is 0.796. The second-order valence-corrected chi connectivity index (χ2v) is 5.63. The maximum Gasteiger partial charge on any atom is 0.0480 e. The van der Waals surface area contributed by atoms with Crippen molar-refractivity contribution in [1.29, 1.82) is 0 Å². The average Bonchev–Trinajstić information content (AvgIpc) is 2.29. The van der Waals surface area contributed by atoms with E-state index in [0.29, 0.717) is 12.6 Å². The van der Waals surface area contributed by atoms with Gasteiger partial charge in [-0.1, -0.05) is 6.92 Å². The van der Waals surface area contributed by atoms with Crippen molar-refractivity contribution in [1.82, 2.24) is 4.90 Å². The van der Waals surface area contributed by atoms with Gasteiger partial charge in [-0.3, -0.25) is 4.90 Å². The van der Waals surface area contributed by atoms with E-state index in [9.17, 15) is 0 Å². The van der Waals surface area contributed by atoms with Gasteiger partial charge in [-0.25, -0.2) is 0 Å². The van der Waals surface area contributed by atoms with Gasteiger partial charge in [0.25, 0.3) is 0 Å². The Morgan fingerprint density at radius 3 is 2.62 bits per heavy atom. The first-order valence-electron chi connectivity index (χ1n) is 6.49. The molecule has 3 heteroatoms. The lowest BCUT2D eigenvalue weighted by atomic mass is 9.86. The van der Waals surface area contributed by atoms with Crippen LogP contribution in [-0.4, -0.2) is 43.3 Å². The van der Waals surface area contributed by atoms with Gasteiger partial charge in [-0.05, 0) is 39.0 Å². The minimum Gasteiger partial charge on any atom is -0.385 e. The molecule has 1 aliphatic heterocycles. The van der Waals surface area contributed by atoms with Crippen LogP contribution in [0.5, 0.6) is 0 Å². The third-order valence-electron chi connectivity index (χ3n) is 4.10. The fourth-order valence-corrected chi connectivity index (χ4v) is 2.73. The summed E-state index contributed by atoms with van der Waals surface area (Å²) in [5, 5.41) is 0. The number of ether oxygens (including phenoxy) is 1. The van der Waals surface area contributed by atoms with Gasteiger partial charge < -0.3 is 10.5 Å². The van der Waals surface area contributed by atoms with Crippen LogP contribution in [-0.2, 0) is 4.74 Å². The summed E-state index contributed by atoms with van der Waals surface area (Å²) < 4.78 is 5.21. The molecule has 0 spiro atoms. The normalized spacial score (nSPS) is 31.3. The fourth-order valence-electron chi connectivity index (χ4n) is 2.73. The Morgan fingerprint density at radius 1 is 1.38 bits per heavy atom. The number of piperidine rings is 1. The molecule has 3 unspecified atom stereocenters. The van der Waals surface area contributed by atoms with Crippen LogP contribution in [0.25, 0.3) is 0 Å². The molecule has 16 heavy (non-hydrogen) atoms. The standard InChI is InChI=1S/C13H28N2O/c1-11-5-6-12(2)15(9-11)13(3,10-14)7-8-16-4/h11-12H,5-10,14H2,1-4H3. The zero-order valence-corrected chi connectivity index (χ0v) is 11.3. The van der Waals surface area contributed by atoms with Crippen LogP contribution in [0.3, 0.4) is 0 Å². The molecule has 1 aliphatic rings. The van der Waals surface area contributed by atoms with Crippen molar-refractivity contribution in [2.24, 2.45) is 11.7 Å². The molecular weight excluding hydrogens is 200 g/mol. The number of hydrogen-bond acceptors (Lipinski definition) is 3. The maximum absolute atomic E-state index is 5.99. The highest BCUT2D eigenvalue weighted by Crippen LogP contribution is 2.30. The van der Waals surface area contributed by atoms with Crippen molar-refractivity contribution in [3.05, 3.63) is 0 Å². The molecule has 1 heterocycles. The van der Waals surface area contributed by atoms with Crippen LogP contribution in [0.1, 0.15) is 40.0 Å². The molecule has 3 nitrogen and oxygen atoms in total. The minimum atomic E-state index is 0.101. The van der Waals surface area contributed by atoms with Crippen molar-refractivity contribution in [2.75, 3.05) is 26.8 Å². The third-order valence-corrected chi connectivity index (χ3v) is 4.10. The lowest BCUT2D eigenvalue weighted by Gasteiger charge is -2.48. The molecule has 0 aromatic rings. The summed E-state index contributed by atoms with van der Waals surface area (Å²) in [7, 11) is 1.76. The van der Waals surface area contributed by atoms with Gasteiger partial charge in [0.1, 0.15) is 0 Å². The number of nitrogens with two attached hydrogens (primary N) is 1. The van der Waals surface area contributed by atoms with Crippen LogP contribution >= 0.6 is 0 Å². The molecule has 0 radical (unpaired) electrons. The van der Waals surface area contributed by atoms with E-state index in [1.807, 2.05) is 0 Å². The first-order valence-corrected chi connectivity index (χ1v) is 6.49. The van der Waals surface area contributed by atoms with Gasteiger partial charge in [0.15, 0.2) is 0 Å². The van der Waals surface area contributed by atoms with Crippen LogP contribution in [0.4, 0.5) is 0 Å². The van der Waals surface area contributed by atoms with Gasteiger partial charge in [-0.2, -0.15) is 0 Å². The highest BCUT2D eigenvalue weighted by Gasteiger charge is 2.36. The summed E-state index contributed by atoms with van der Waals surface area (Å²) in [5.41, 5.74) is 6.09. The lowest BCUT2D eigenvalue weighted by molar-refractivity contribution is 0.00236. The highest BCUT2D eigenvalue weighted by atomic mass is 16.5. The molecule has 0 saturated carbocycles. The molecule has 96 valence electrons. The second-order valence-electron chi connectivity index (χ2n) is 5.63. The molecule has 0 bridgehead atoms. The van der Waals surface area contributed by atoms with Gasteiger partial charge in [-0.15, -0.1) is 0 Å². The first-order chi connectivity index (χ1) is 7.53. The zero-order chi connectivity index (χ0) is 12.2. The Balaban J connectivity index is 2.68. The Morgan fingerprint density at radius 2 is 2.06 bits per heavy atom. The number of rotatable bonds is 5. The van der Waals surface area contributed by atoms with E-state index in [2.05, 4.69) is 25.7 Å². The summed E-state index contributed by atoms with van der Waals surface area (Å²) in [4.78, 5) is 2.60. The summed E-state index contributed by atoms with van der Waals surface area (Å²) in [6.45, 7) is 9.64. The van der Waals surface area contributed by atoms with Crippen molar-refractivity contribution < 1.29 is 4.74 Å². The largest absolute Gasteiger partial charge is 0.385 e. The van der Waals surface area contributed by atoms with E-state index < -0.39 is 0 Å². The number of hydrogen-bond donors (Lipinski definition) is 1. The average molecular weight is 228 g/mol. The van der Waals surface area contributed by atoms with Gasteiger partial charge in [0.2, 0.25) is 0 Å². The molecule has 3 atom stereocenters. The van der Waals surface area contributed by atoms with Crippen molar-refractivity contribution in [3.8, 4) is 0 Å². The van der Waals surface area contributed by atoms with Crippen LogP contribution < -0.4 is 5.73 Å². The number of methoxy groups -OCH3 is 1. The Kier molecular flexibility index (Phi) is 5.22. The molecule has 0 aromatic heterocycles. The van der Waals surface area contributed by atoms with E-state index in [0.717, 1.165) is 18.9 Å². The third kappa shape index (κ3) is 3.19. The summed E-state index contributed by atoms with van der Waals surface area (Å²) >= 11 is 0. The minimum absolute atomic E-state index is 0.101. The topological polar surface area (TPSA) is 38.5 Å². The summed E-state index contributed by atoms with van der Waals surface area (Å²) in [6.07, 6.45) is 3.67. The fraction of sp³-hybridized carbons (Fsp3) is 1.00. The molecule has 0 aromatic carbocycles. The summed E-state index contributed by atoms with van der Waals surface area (Å²) in [6, 6.07) is 0.654. The first kappa shape index (κ1) is 13.9. The van der Waals surface area contributed by atoms with E-state index in [-0.39, 0.29) is 5.54 Å². The molecular formula is C13H28N2O. The highest BCUT2D eigenvalue weighted by molar-refractivity contribution is 4.93. The van der Waals surface area contributed by atoms with Crippen LogP contribution in [0, 0.1) is 5.92 Å². The molecule has 0 amide bonds. The molecule has 1 rings (SSSR count). The van der Waals surface area contributed by atoms with Gasteiger partial charge in [0, 0.05) is 38.4 Å². The molecule has 0 aliphatic carbocycles. The molecule has 1 saturated heterocycles. The number of nitrogens with zero attached hydrogens (tertiary/aromatic N) is 1. The van der Waals surface area contributed by atoms with E-state index in [1.54, 1.807) is 7.11 Å². The van der Waals surface area contributed by atoms with E-state index >= 15 is 0 Å². The Bertz CT molecular complexity index is 210. The monoisotopic (exact) mass is 228 g/mol. The maximum atomic E-state index is 5.99. The van der Waals surface area contributed by atoms with Crippen molar-refractivity contribution in [3.63, 3.8) is 0 Å². The van der Waals surface area contributed by atoms with Gasteiger partial charge >= 0.3 is 0 Å². The van der Waals surface area contributed by atoms with Gasteiger partial charge in [0.05, 0.1) is 0 Å². The van der Waals surface area contributed by atoms with Crippen LogP contribution in [0.15, 0.2) is 0 Å². The lowest BCUT2D eigenvalue weighted by Crippen LogP contribution is -2.58. The smallest absolute Gasteiger partial charge is 0.0480 e. The molecule has 1 fully saturated rings. The second kappa shape index (κ2) is 5.99. The van der Waals surface area contributed by atoms with E-state index in [1.165, 1.54) is 19.4 Å².